The Hall–Kier alpha value is -1.25. The molecule has 0 radical (unpaired) electrons. The molecule has 0 amide bonds. The van der Waals surface area contributed by atoms with Crippen LogP contribution in [0.25, 0.3) is 11.0 Å². The maximum absolute atomic E-state index is 11.7. The predicted octanol–water partition coefficient (Wildman–Crippen LogP) is 2.94. The van der Waals surface area contributed by atoms with Crippen LogP contribution in [0.2, 0.25) is 0 Å². The second-order valence-electron chi connectivity index (χ2n) is 4.11. The first kappa shape index (κ1) is 15.1. The average molecular weight is 333 g/mol. The minimum absolute atomic E-state index is 0.147. The summed E-state index contributed by atoms with van der Waals surface area (Å²) in [6.07, 6.45) is -1.50. The van der Waals surface area contributed by atoms with Crippen LogP contribution in [0, 0.1) is 11.3 Å². The van der Waals surface area contributed by atoms with E-state index in [2.05, 4.69) is 0 Å². The Balaban J connectivity index is 2.67. The van der Waals surface area contributed by atoms with Crippen molar-refractivity contribution in [2.24, 2.45) is 0 Å². The molecule has 0 aliphatic heterocycles. The third-order valence-electron chi connectivity index (χ3n) is 2.81. The molecule has 0 spiro atoms. The van der Waals surface area contributed by atoms with Crippen LogP contribution in [-0.2, 0) is 6.42 Å². The second-order valence-corrected chi connectivity index (χ2v) is 6.48. The lowest BCUT2D eigenvalue weighted by Gasteiger charge is -2.19. The molecule has 0 saturated carbocycles. The number of hydrogen-bond donors (Lipinski definition) is 1. The van der Waals surface area contributed by atoms with E-state index in [0.717, 1.165) is 0 Å². The number of alkyl halides is 3. The van der Waals surface area contributed by atoms with Crippen molar-refractivity contribution < 1.29 is 9.52 Å². The van der Waals surface area contributed by atoms with Gasteiger partial charge in [-0.15, -0.1) is 0 Å². The molecule has 0 saturated heterocycles. The number of nitriles is 1. The van der Waals surface area contributed by atoms with E-state index >= 15 is 0 Å². The number of hydrogen-bond acceptors (Lipinski definition) is 4. The fourth-order valence-corrected chi connectivity index (χ4v) is 2.08. The van der Waals surface area contributed by atoms with E-state index in [1.165, 1.54) is 0 Å². The van der Waals surface area contributed by atoms with Crippen LogP contribution in [0.15, 0.2) is 33.5 Å². The van der Waals surface area contributed by atoms with Crippen molar-refractivity contribution in [2.75, 3.05) is 0 Å². The van der Waals surface area contributed by atoms with Crippen LogP contribution in [-0.4, -0.2) is 15.0 Å². The first-order valence-corrected chi connectivity index (χ1v) is 6.67. The van der Waals surface area contributed by atoms with E-state index in [0.29, 0.717) is 16.5 Å². The van der Waals surface area contributed by atoms with Crippen LogP contribution in [0.5, 0.6) is 0 Å². The summed E-state index contributed by atoms with van der Waals surface area (Å²) in [7, 11) is 0. The number of fused-ring (bicyclic) bond motifs is 1. The third kappa shape index (κ3) is 2.92. The standard InChI is InChI=1S/C13H8Cl3NO3/c14-13(15,16)11(18)5-8-7-3-1-2-4-10(7)20-12(19)9(8)6-17/h1-4,11,18H,5H2. The van der Waals surface area contributed by atoms with E-state index < -0.39 is 15.5 Å². The van der Waals surface area contributed by atoms with Gasteiger partial charge in [0.05, 0.1) is 0 Å². The number of aliphatic hydroxyl groups excluding tert-OH is 1. The summed E-state index contributed by atoms with van der Waals surface area (Å²) >= 11 is 16.8. The molecule has 20 heavy (non-hydrogen) atoms. The quantitative estimate of drug-likeness (QED) is 0.678. The predicted molar refractivity (Wildman–Crippen MR) is 77.2 cm³/mol. The number of rotatable bonds is 2. The summed E-state index contributed by atoms with van der Waals surface area (Å²) in [6.45, 7) is 0. The highest BCUT2D eigenvalue weighted by Gasteiger charge is 2.32. The van der Waals surface area contributed by atoms with Crippen LogP contribution in [0.1, 0.15) is 11.1 Å². The van der Waals surface area contributed by atoms with E-state index in [1.807, 2.05) is 0 Å². The van der Waals surface area contributed by atoms with Gasteiger partial charge in [-0.2, -0.15) is 5.26 Å². The summed E-state index contributed by atoms with van der Waals surface area (Å²) in [5.74, 6) is 0. The molecule has 4 nitrogen and oxygen atoms in total. The molecule has 0 bridgehead atoms. The van der Waals surface area contributed by atoms with Gasteiger partial charge >= 0.3 is 5.63 Å². The van der Waals surface area contributed by atoms with Gasteiger partial charge in [0.25, 0.3) is 0 Å². The zero-order chi connectivity index (χ0) is 14.9. The molecule has 0 aliphatic carbocycles. The minimum Gasteiger partial charge on any atom is -0.422 e. The Morgan fingerprint density at radius 3 is 2.60 bits per heavy atom. The lowest BCUT2D eigenvalue weighted by molar-refractivity contribution is 0.179. The number of halogens is 3. The topological polar surface area (TPSA) is 74.2 Å². The van der Waals surface area contributed by atoms with E-state index in [-0.39, 0.29) is 12.0 Å². The van der Waals surface area contributed by atoms with Gasteiger partial charge in [0, 0.05) is 11.8 Å². The molecule has 1 heterocycles. The summed E-state index contributed by atoms with van der Waals surface area (Å²) in [6, 6.07) is 8.42. The summed E-state index contributed by atoms with van der Waals surface area (Å²) in [5.41, 5.74) is -0.365. The Labute approximate surface area is 129 Å². The largest absolute Gasteiger partial charge is 0.422 e. The van der Waals surface area contributed by atoms with Gasteiger partial charge < -0.3 is 9.52 Å². The van der Waals surface area contributed by atoms with Crippen molar-refractivity contribution in [1.29, 1.82) is 5.26 Å². The van der Waals surface area contributed by atoms with Crippen molar-refractivity contribution >= 4 is 45.8 Å². The monoisotopic (exact) mass is 331 g/mol. The highest BCUT2D eigenvalue weighted by Crippen LogP contribution is 2.33. The van der Waals surface area contributed by atoms with Gasteiger partial charge in [-0.3, -0.25) is 0 Å². The van der Waals surface area contributed by atoms with E-state index in [1.54, 1.807) is 30.3 Å². The lowest BCUT2D eigenvalue weighted by Crippen LogP contribution is -2.28. The lowest BCUT2D eigenvalue weighted by atomic mass is 10.00. The first-order valence-electron chi connectivity index (χ1n) is 5.54. The van der Waals surface area contributed by atoms with Crippen molar-refractivity contribution in [3.63, 3.8) is 0 Å². The van der Waals surface area contributed by atoms with Gasteiger partial charge in [-0.1, -0.05) is 53.0 Å². The highest BCUT2D eigenvalue weighted by atomic mass is 35.6. The molecule has 0 fully saturated rings. The molecule has 1 aromatic carbocycles. The van der Waals surface area contributed by atoms with Gasteiger partial charge in [-0.25, -0.2) is 4.79 Å². The number of para-hydroxylation sites is 1. The molecule has 1 aromatic heterocycles. The molecular weight excluding hydrogens is 325 g/mol. The van der Waals surface area contributed by atoms with Crippen molar-refractivity contribution in [3.8, 4) is 6.07 Å². The molecule has 1 unspecified atom stereocenters. The summed E-state index contributed by atoms with van der Waals surface area (Å²) in [4.78, 5) is 11.7. The molecule has 2 rings (SSSR count). The molecule has 2 aromatic rings. The molecular formula is C13H8Cl3NO3. The Morgan fingerprint density at radius 1 is 1.35 bits per heavy atom. The Kier molecular flexibility index (Phi) is 4.26. The molecule has 104 valence electrons. The molecule has 0 aliphatic rings. The fourth-order valence-electron chi connectivity index (χ4n) is 1.85. The zero-order valence-corrected chi connectivity index (χ0v) is 12.2. The molecule has 7 heteroatoms. The van der Waals surface area contributed by atoms with Crippen LogP contribution < -0.4 is 5.63 Å². The average Bonchev–Trinajstić information content (AvgIpc) is 2.37. The van der Waals surface area contributed by atoms with Gasteiger partial charge in [0.1, 0.15) is 23.3 Å². The van der Waals surface area contributed by atoms with Gasteiger partial charge in [0.15, 0.2) is 0 Å². The summed E-state index contributed by atoms with van der Waals surface area (Å²) < 4.78 is 3.12. The van der Waals surface area contributed by atoms with Crippen molar-refractivity contribution in [2.45, 2.75) is 16.3 Å². The third-order valence-corrected chi connectivity index (χ3v) is 3.56. The molecule has 1 atom stereocenters. The Morgan fingerprint density at radius 2 is 2.00 bits per heavy atom. The smallest absolute Gasteiger partial charge is 0.354 e. The van der Waals surface area contributed by atoms with Crippen LogP contribution >= 0.6 is 34.8 Å². The maximum atomic E-state index is 11.7. The van der Waals surface area contributed by atoms with Crippen molar-refractivity contribution in [1.82, 2.24) is 0 Å². The minimum atomic E-state index is -1.91. The number of aliphatic hydroxyl groups is 1. The van der Waals surface area contributed by atoms with Crippen LogP contribution in [0.4, 0.5) is 0 Å². The van der Waals surface area contributed by atoms with Gasteiger partial charge in [-0.05, 0) is 11.6 Å². The fraction of sp³-hybridized carbons (Fsp3) is 0.231. The van der Waals surface area contributed by atoms with E-state index in [4.69, 9.17) is 44.5 Å². The highest BCUT2D eigenvalue weighted by molar-refractivity contribution is 6.68. The second kappa shape index (κ2) is 5.63. The SMILES string of the molecule is N#Cc1c(CC(O)C(Cl)(Cl)Cl)c2ccccc2oc1=O. The number of benzene rings is 1. The summed E-state index contributed by atoms with van der Waals surface area (Å²) in [5, 5.41) is 19.5. The normalized spacial score (nSPS) is 13.2. The number of nitrogens with zero attached hydrogens (tertiary/aromatic N) is 1. The van der Waals surface area contributed by atoms with E-state index in [9.17, 15) is 9.90 Å². The van der Waals surface area contributed by atoms with Crippen molar-refractivity contribution in [3.05, 3.63) is 45.8 Å². The van der Waals surface area contributed by atoms with Gasteiger partial charge in [0.2, 0.25) is 3.79 Å². The van der Waals surface area contributed by atoms with Crippen LogP contribution in [0.3, 0.4) is 0 Å². The first-order chi connectivity index (χ1) is 9.34. The zero-order valence-electron chi connectivity index (χ0n) is 9.94. The maximum Gasteiger partial charge on any atom is 0.354 e. The molecule has 1 N–H and O–H groups in total. The Bertz CT molecular complexity index is 743.